The predicted octanol–water partition coefficient (Wildman–Crippen LogP) is 4.30. The highest BCUT2D eigenvalue weighted by Crippen LogP contribution is 2.42. The topological polar surface area (TPSA) is 80.7 Å². The molecular formula is C20H17F5O5S. The molecule has 1 fully saturated rings. The zero-order valence-electron chi connectivity index (χ0n) is 16.0. The second kappa shape index (κ2) is 8.19. The first-order valence-corrected chi connectivity index (χ1v) is 10.6. The number of ether oxygens (including phenoxy) is 1. The van der Waals surface area contributed by atoms with Crippen molar-refractivity contribution in [1.82, 2.24) is 0 Å². The molecule has 0 unspecified atom stereocenters. The lowest BCUT2D eigenvalue weighted by atomic mass is 10.0. The van der Waals surface area contributed by atoms with Crippen LogP contribution in [0, 0.1) is 17.6 Å². The zero-order valence-corrected chi connectivity index (χ0v) is 16.8. The Bertz CT molecular complexity index is 1110. The predicted molar refractivity (Wildman–Crippen MR) is 98.9 cm³/mol. The maximum atomic E-state index is 14.0. The van der Waals surface area contributed by atoms with Crippen LogP contribution in [0.4, 0.5) is 22.0 Å². The van der Waals surface area contributed by atoms with Crippen LogP contribution in [0.3, 0.4) is 0 Å². The summed E-state index contributed by atoms with van der Waals surface area (Å²) in [4.78, 5) is 10.3. The second-order valence-electron chi connectivity index (χ2n) is 7.19. The van der Waals surface area contributed by atoms with Crippen LogP contribution in [0.15, 0.2) is 41.3 Å². The molecule has 2 aromatic rings. The standard InChI is InChI=1S/C20H17F5O5S/c1-30-17-9-12(8-14(17)19(26)27)31(28,29)18-5-2-10(6-15(18)20(23,24)25)13-4-3-11(21)7-16(13)22/h2-7,12,14,17H,8-9H2,1H3,(H,26,27)/t12-,14-,17-/m0/s1. The van der Waals surface area contributed by atoms with Gasteiger partial charge in [0.15, 0.2) is 9.84 Å². The minimum atomic E-state index is -5.10. The number of sulfone groups is 1. The van der Waals surface area contributed by atoms with Crippen LogP contribution >= 0.6 is 0 Å². The average molecular weight is 464 g/mol. The highest BCUT2D eigenvalue weighted by molar-refractivity contribution is 7.92. The molecule has 168 valence electrons. The molecule has 1 aliphatic rings. The summed E-state index contributed by atoms with van der Waals surface area (Å²) in [7, 11) is -3.40. The number of hydrogen-bond donors (Lipinski definition) is 1. The van der Waals surface area contributed by atoms with E-state index in [1.54, 1.807) is 0 Å². The van der Waals surface area contributed by atoms with Gasteiger partial charge in [0.05, 0.1) is 27.7 Å². The number of hydrogen-bond acceptors (Lipinski definition) is 4. The quantitative estimate of drug-likeness (QED) is 0.668. The highest BCUT2D eigenvalue weighted by Gasteiger charge is 2.47. The Labute approximate surface area is 174 Å². The average Bonchev–Trinajstić information content (AvgIpc) is 3.12. The van der Waals surface area contributed by atoms with Crippen molar-refractivity contribution in [3.63, 3.8) is 0 Å². The van der Waals surface area contributed by atoms with Gasteiger partial charge >= 0.3 is 12.1 Å². The van der Waals surface area contributed by atoms with Crippen molar-refractivity contribution in [1.29, 1.82) is 0 Å². The molecule has 0 heterocycles. The lowest BCUT2D eigenvalue weighted by Gasteiger charge is -2.18. The lowest BCUT2D eigenvalue weighted by molar-refractivity contribution is -0.145. The van der Waals surface area contributed by atoms with Gasteiger partial charge in [-0.25, -0.2) is 17.2 Å². The molecule has 5 nitrogen and oxygen atoms in total. The first-order valence-electron chi connectivity index (χ1n) is 9.02. The number of benzene rings is 2. The normalized spacial score (nSPS) is 21.9. The Hall–Kier alpha value is -2.53. The van der Waals surface area contributed by atoms with Crippen LogP contribution in [0.25, 0.3) is 11.1 Å². The number of alkyl halides is 3. The first kappa shape index (κ1) is 23.1. The summed E-state index contributed by atoms with van der Waals surface area (Å²) in [5.41, 5.74) is -2.13. The molecule has 0 amide bonds. The van der Waals surface area contributed by atoms with Gasteiger partial charge in [-0.15, -0.1) is 0 Å². The molecule has 0 radical (unpaired) electrons. The van der Waals surface area contributed by atoms with Gasteiger partial charge in [0.25, 0.3) is 0 Å². The second-order valence-corrected chi connectivity index (χ2v) is 9.39. The molecular weight excluding hydrogens is 447 g/mol. The first-order chi connectivity index (χ1) is 14.4. The zero-order chi connectivity index (χ0) is 23.1. The molecule has 1 N–H and O–H groups in total. The molecule has 31 heavy (non-hydrogen) atoms. The van der Waals surface area contributed by atoms with E-state index < -0.39 is 67.8 Å². The smallest absolute Gasteiger partial charge is 0.417 e. The summed E-state index contributed by atoms with van der Waals surface area (Å²) in [6.45, 7) is 0. The van der Waals surface area contributed by atoms with Crippen molar-refractivity contribution in [2.24, 2.45) is 5.92 Å². The van der Waals surface area contributed by atoms with E-state index in [-0.39, 0.29) is 17.5 Å². The minimum absolute atomic E-state index is 0.276. The van der Waals surface area contributed by atoms with Crippen molar-refractivity contribution in [3.8, 4) is 11.1 Å². The number of aliphatic carboxylic acids is 1. The molecule has 11 heteroatoms. The van der Waals surface area contributed by atoms with E-state index in [1.165, 1.54) is 7.11 Å². The van der Waals surface area contributed by atoms with Gasteiger partial charge in [0, 0.05) is 18.7 Å². The third-order valence-corrected chi connectivity index (χ3v) is 7.58. The van der Waals surface area contributed by atoms with Crippen molar-refractivity contribution < 1.29 is 45.0 Å². The monoisotopic (exact) mass is 464 g/mol. The fourth-order valence-electron chi connectivity index (χ4n) is 3.80. The van der Waals surface area contributed by atoms with E-state index in [0.29, 0.717) is 18.2 Å². The number of carboxylic acids is 1. The van der Waals surface area contributed by atoms with Crippen LogP contribution in [0.1, 0.15) is 18.4 Å². The van der Waals surface area contributed by atoms with Crippen LogP contribution in [-0.4, -0.2) is 38.0 Å². The molecule has 1 saturated carbocycles. The van der Waals surface area contributed by atoms with E-state index in [0.717, 1.165) is 18.2 Å². The molecule has 0 aromatic heterocycles. The fourth-order valence-corrected chi connectivity index (χ4v) is 5.80. The SMILES string of the molecule is CO[C@H]1C[C@@H](S(=O)(=O)c2ccc(-c3ccc(F)cc3F)cc2C(F)(F)F)C[C@@H]1C(=O)O. The van der Waals surface area contributed by atoms with Gasteiger partial charge in [-0.1, -0.05) is 6.07 Å². The molecule has 0 saturated heterocycles. The third-order valence-electron chi connectivity index (χ3n) is 5.35. The van der Waals surface area contributed by atoms with Crippen molar-refractivity contribution in [2.45, 2.75) is 35.3 Å². The molecule has 0 bridgehead atoms. The summed E-state index contributed by atoms with van der Waals surface area (Å²) in [6, 6.07) is 4.52. The van der Waals surface area contributed by atoms with Gasteiger partial charge in [0.1, 0.15) is 11.6 Å². The van der Waals surface area contributed by atoms with Gasteiger partial charge in [-0.2, -0.15) is 13.2 Å². The largest absolute Gasteiger partial charge is 0.481 e. The van der Waals surface area contributed by atoms with Crippen LogP contribution < -0.4 is 0 Å². The Morgan fingerprint density at radius 3 is 2.29 bits per heavy atom. The van der Waals surface area contributed by atoms with E-state index in [2.05, 4.69) is 0 Å². The number of methoxy groups -OCH3 is 1. The molecule has 0 aliphatic heterocycles. The Kier molecular flexibility index (Phi) is 6.12. The number of rotatable bonds is 5. The highest BCUT2D eigenvalue weighted by atomic mass is 32.2. The molecule has 0 spiro atoms. The third kappa shape index (κ3) is 4.42. The van der Waals surface area contributed by atoms with Gasteiger partial charge in [-0.05, 0) is 42.7 Å². The summed E-state index contributed by atoms with van der Waals surface area (Å²) in [5, 5.41) is 7.85. The molecule has 2 aromatic carbocycles. The van der Waals surface area contributed by atoms with Crippen molar-refractivity contribution in [2.75, 3.05) is 7.11 Å². The maximum absolute atomic E-state index is 14.0. The minimum Gasteiger partial charge on any atom is -0.481 e. The van der Waals surface area contributed by atoms with Crippen LogP contribution in [-0.2, 0) is 25.5 Å². The van der Waals surface area contributed by atoms with E-state index in [4.69, 9.17) is 4.74 Å². The summed E-state index contributed by atoms with van der Waals surface area (Å²) in [6.07, 6.45) is -6.73. The summed E-state index contributed by atoms with van der Waals surface area (Å²) < 4.78 is 99.4. The summed E-state index contributed by atoms with van der Waals surface area (Å²) in [5.74, 6) is -4.50. The molecule has 3 rings (SSSR count). The van der Waals surface area contributed by atoms with Gasteiger partial charge < -0.3 is 9.84 Å². The fraction of sp³-hybridized carbons (Fsp3) is 0.350. The van der Waals surface area contributed by atoms with Crippen molar-refractivity contribution >= 4 is 15.8 Å². The van der Waals surface area contributed by atoms with Crippen LogP contribution in [0.5, 0.6) is 0 Å². The Morgan fingerprint density at radius 1 is 1.10 bits per heavy atom. The number of halogens is 5. The Balaban J connectivity index is 2.09. The van der Waals surface area contributed by atoms with Crippen LogP contribution in [0.2, 0.25) is 0 Å². The molecule has 1 aliphatic carbocycles. The molecule has 3 atom stereocenters. The lowest BCUT2D eigenvalue weighted by Crippen LogP contribution is -2.24. The number of carboxylic acid groups (broad SMARTS) is 1. The van der Waals surface area contributed by atoms with E-state index >= 15 is 0 Å². The van der Waals surface area contributed by atoms with Gasteiger partial charge in [-0.3, -0.25) is 4.79 Å². The van der Waals surface area contributed by atoms with Crippen molar-refractivity contribution in [3.05, 3.63) is 53.6 Å². The summed E-state index contributed by atoms with van der Waals surface area (Å²) >= 11 is 0. The van der Waals surface area contributed by atoms with E-state index in [1.807, 2.05) is 0 Å². The maximum Gasteiger partial charge on any atom is 0.417 e. The Morgan fingerprint density at radius 2 is 1.77 bits per heavy atom. The van der Waals surface area contributed by atoms with E-state index in [9.17, 15) is 40.3 Å². The number of carbonyl (C=O) groups is 1. The van der Waals surface area contributed by atoms with Gasteiger partial charge in [0.2, 0.25) is 0 Å².